The Balaban J connectivity index is 2.36. The molecule has 0 bridgehead atoms. The summed E-state index contributed by atoms with van der Waals surface area (Å²) >= 11 is 0. The Labute approximate surface area is 98.8 Å². The molecule has 1 aliphatic carbocycles. The Morgan fingerprint density at radius 2 is 2.19 bits per heavy atom. The molecule has 0 heterocycles. The molecule has 0 aromatic rings. The molecule has 3 nitrogen and oxygen atoms in total. The largest absolute Gasteiger partial charge is 0.395 e. The number of aliphatic hydroxyl groups is 1. The smallest absolute Gasteiger partial charge is 0.222 e. The molecule has 0 aliphatic heterocycles. The van der Waals surface area contributed by atoms with Crippen LogP contribution < -0.4 is 0 Å². The van der Waals surface area contributed by atoms with Crippen molar-refractivity contribution in [2.45, 2.75) is 46.0 Å². The van der Waals surface area contributed by atoms with Gasteiger partial charge in [0.15, 0.2) is 0 Å². The van der Waals surface area contributed by atoms with Crippen molar-refractivity contribution in [3.63, 3.8) is 0 Å². The monoisotopic (exact) mass is 227 g/mol. The molecule has 1 fully saturated rings. The summed E-state index contributed by atoms with van der Waals surface area (Å²) in [4.78, 5) is 13.7. The van der Waals surface area contributed by atoms with Crippen LogP contribution in [0, 0.1) is 11.8 Å². The number of rotatable bonds is 5. The topological polar surface area (TPSA) is 40.5 Å². The van der Waals surface area contributed by atoms with Crippen LogP contribution in [0.5, 0.6) is 0 Å². The number of carbonyl (C=O) groups is 1. The second-order valence-electron chi connectivity index (χ2n) is 5.04. The standard InChI is InChI=1S/C13H25NO2/c1-3-14(7-8-15)13(16)10-12-6-4-5-11(2)9-12/h11-12,15H,3-10H2,1-2H3. The maximum atomic E-state index is 12.0. The Morgan fingerprint density at radius 1 is 1.44 bits per heavy atom. The van der Waals surface area contributed by atoms with E-state index in [-0.39, 0.29) is 12.5 Å². The first-order chi connectivity index (χ1) is 7.67. The second kappa shape index (κ2) is 6.89. The van der Waals surface area contributed by atoms with Gasteiger partial charge in [-0.15, -0.1) is 0 Å². The molecule has 1 amide bonds. The van der Waals surface area contributed by atoms with E-state index >= 15 is 0 Å². The highest BCUT2D eigenvalue weighted by atomic mass is 16.3. The molecule has 1 aliphatic rings. The van der Waals surface area contributed by atoms with Gasteiger partial charge in [0.25, 0.3) is 0 Å². The van der Waals surface area contributed by atoms with Crippen molar-refractivity contribution in [1.82, 2.24) is 4.90 Å². The minimum atomic E-state index is 0.0701. The van der Waals surface area contributed by atoms with E-state index in [1.54, 1.807) is 4.90 Å². The molecular formula is C13H25NO2. The molecule has 3 heteroatoms. The lowest BCUT2D eigenvalue weighted by molar-refractivity contribution is -0.132. The van der Waals surface area contributed by atoms with Gasteiger partial charge in [-0.05, 0) is 31.6 Å². The molecule has 0 aromatic carbocycles. The number of carbonyl (C=O) groups excluding carboxylic acids is 1. The molecule has 16 heavy (non-hydrogen) atoms. The van der Waals surface area contributed by atoms with Crippen LogP contribution in [0.4, 0.5) is 0 Å². The molecule has 0 aromatic heterocycles. The zero-order valence-corrected chi connectivity index (χ0v) is 10.6. The van der Waals surface area contributed by atoms with Crippen LogP contribution in [-0.2, 0) is 4.79 Å². The average molecular weight is 227 g/mol. The van der Waals surface area contributed by atoms with Gasteiger partial charge >= 0.3 is 0 Å². The van der Waals surface area contributed by atoms with Gasteiger partial charge in [0, 0.05) is 19.5 Å². The van der Waals surface area contributed by atoms with Crippen LogP contribution in [0.25, 0.3) is 0 Å². The molecule has 94 valence electrons. The molecule has 1 N–H and O–H groups in total. The third kappa shape index (κ3) is 4.12. The highest BCUT2D eigenvalue weighted by Gasteiger charge is 2.23. The Morgan fingerprint density at radius 3 is 2.75 bits per heavy atom. The van der Waals surface area contributed by atoms with Crippen LogP contribution >= 0.6 is 0 Å². The van der Waals surface area contributed by atoms with Gasteiger partial charge in [0.1, 0.15) is 0 Å². The van der Waals surface area contributed by atoms with E-state index in [0.717, 1.165) is 5.92 Å². The van der Waals surface area contributed by atoms with E-state index in [9.17, 15) is 4.79 Å². The van der Waals surface area contributed by atoms with Gasteiger partial charge in [-0.1, -0.05) is 19.8 Å². The molecule has 1 saturated carbocycles. The molecule has 0 spiro atoms. The summed E-state index contributed by atoms with van der Waals surface area (Å²) in [6, 6.07) is 0. The van der Waals surface area contributed by atoms with E-state index in [1.807, 2.05) is 6.92 Å². The van der Waals surface area contributed by atoms with Gasteiger partial charge in [0.2, 0.25) is 5.91 Å². The number of aliphatic hydroxyl groups excluding tert-OH is 1. The Hall–Kier alpha value is -0.570. The fourth-order valence-electron chi connectivity index (χ4n) is 2.70. The number of amides is 1. The van der Waals surface area contributed by atoms with Crippen molar-refractivity contribution >= 4 is 5.91 Å². The van der Waals surface area contributed by atoms with Crippen molar-refractivity contribution in [2.75, 3.05) is 19.7 Å². The summed E-state index contributed by atoms with van der Waals surface area (Å²) in [6.45, 7) is 5.51. The summed E-state index contributed by atoms with van der Waals surface area (Å²) in [5, 5.41) is 8.87. The summed E-state index contributed by atoms with van der Waals surface area (Å²) in [6.07, 6.45) is 5.66. The van der Waals surface area contributed by atoms with Gasteiger partial charge in [-0.2, -0.15) is 0 Å². The normalized spacial score (nSPS) is 25.4. The Bertz CT molecular complexity index is 218. The van der Waals surface area contributed by atoms with Gasteiger partial charge < -0.3 is 10.0 Å². The third-order valence-corrected chi connectivity index (χ3v) is 3.61. The van der Waals surface area contributed by atoms with E-state index in [1.165, 1.54) is 25.7 Å². The number of hydrogen-bond donors (Lipinski definition) is 1. The lowest BCUT2D eigenvalue weighted by atomic mass is 9.80. The summed E-state index contributed by atoms with van der Waals surface area (Å²) in [5.74, 6) is 1.57. The average Bonchev–Trinajstić information content (AvgIpc) is 2.25. The van der Waals surface area contributed by atoms with Gasteiger partial charge in [-0.25, -0.2) is 0 Å². The predicted molar refractivity (Wildman–Crippen MR) is 65.1 cm³/mol. The van der Waals surface area contributed by atoms with Crippen LogP contribution in [0.15, 0.2) is 0 Å². The lowest BCUT2D eigenvalue weighted by Gasteiger charge is -2.28. The first-order valence-corrected chi connectivity index (χ1v) is 6.56. The molecule has 2 unspecified atom stereocenters. The van der Waals surface area contributed by atoms with Crippen LogP contribution in [-0.4, -0.2) is 35.6 Å². The second-order valence-corrected chi connectivity index (χ2v) is 5.04. The fraction of sp³-hybridized carbons (Fsp3) is 0.923. The number of nitrogens with zero attached hydrogens (tertiary/aromatic N) is 1. The van der Waals surface area contributed by atoms with Gasteiger partial charge in [-0.3, -0.25) is 4.79 Å². The molecule has 2 atom stereocenters. The first-order valence-electron chi connectivity index (χ1n) is 6.56. The van der Waals surface area contributed by atoms with Crippen molar-refractivity contribution in [2.24, 2.45) is 11.8 Å². The number of hydrogen-bond acceptors (Lipinski definition) is 2. The van der Waals surface area contributed by atoms with E-state index < -0.39 is 0 Å². The molecule has 0 radical (unpaired) electrons. The van der Waals surface area contributed by atoms with Crippen molar-refractivity contribution < 1.29 is 9.90 Å². The summed E-state index contributed by atoms with van der Waals surface area (Å²) in [5.41, 5.74) is 0. The van der Waals surface area contributed by atoms with Crippen LogP contribution in [0.2, 0.25) is 0 Å². The van der Waals surface area contributed by atoms with Crippen molar-refractivity contribution in [3.05, 3.63) is 0 Å². The highest BCUT2D eigenvalue weighted by molar-refractivity contribution is 5.76. The van der Waals surface area contributed by atoms with Crippen molar-refractivity contribution in [1.29, 1.82) is 0 Å². The maximum Gasteiger partial charge on any atom is 0.222 e. The predicted octanol–water partition coefficient (Wildman–Crippen LogP) is 2.04. The molecule has 1 rings (SSSR count). The molecular weight excluding hydrogens is 202 g/mol. The first kappa shape index (κ1) is 13.5. The minimum Gasteiger partial charge on any atom is -0.395 e. The summed E-state index contributed by atoms with van der Waals surface area (Å²) in [7, 11) is 0. The van der Waals surface area contributed by atoms with Crippen molar-refractivity contribution in [3.8, 4) is 0 Å². The third-order valence-electron chi connectivity index (χ3n) is 3.61. The zero-order valence-electron chi connectivity index (χ0n) is 10.6. The molecule has 0 saturated heterocycles. The highest BCUT2D eigenvalue weighted by Crippen LogP contribution is 2.30. The number of likely N-dealkylation sites (N-methyl/N-ethyl adjacent to an activating group) is 1. The van der Waals surface area contributed by atoms with Crippen LogP contribution in [0.1, 0.15) is 46.0 Å². The van der Waals surface area contributed by atoms with E-state index in [0.29, 0.717) is 25.4 Å². The Kier molecular flexibility index (Phi) is 5.81. The lowest BCUT2D eigenvalue weighted by Crippen LogP contribution is -2.35. The van der Waals surface area contributed by atoms with E-state index in [4.69, 9.17) is 5.11 Å². The quantitative estimate of drug-likeness (QED) is 0.781. The minimum absolute atomic E-state index is 0.0701. The van der Waals surface area contributed by atoms with E-state index in [2.05, 4.69) is 6.92 Å². The maximum absolute atomic E-state index is 12.0. The van der Waals surface area contributed by atoms with Gasteiger partial charge in [0.05, 0.1) is 6.61 Å². The fourth-order valence-corrected chi connectivity index (χ4v) is 2.70. The van der Waals surface area contributed by atoms with Crippen LogP contribution in [0.3, 0.4) is 0 Å². The zero-order chi connectivity index (χ0) is 12.0. The SMILES string of the molecule is CCN(CCO)C(=O)CC1CCCC(C)C1. The summed E-state index contributed by atoms with van der Waals surface area (Å²) < 4.78 is 0.